The number of amidine groups is 1. The summed E-state index contributed by atoms with van der Waals surface area (Å²) in [4.78, 5) is 34.0. The first-order chi connectivity index (χ1) is 18.0. The van der Waals surface area contributed by atoms with Crippen LogP contribution in [-0.4, -0.2) is 22.4 Å². The molecule has 6 N–H and O–H groups in total. The summed E-state index contributed by atoms with van der Waals surface area (Å²) in [7, 11) is 0. The number of hydrogen-bond donors (Lipinski definition) is 4. The minimum atomic E-state index is -0.290. The van der Waals surface area contributed by atoms with E-state index in [1.165, 1.54) is 12.2 Å². The van der Waals surface area contributed by atoms with Crippen LogP contribution in [0.1, 0.15) is 5.69 Å². The fraction of sp³-hybridized carbons (Fsp3) is 0. The average Bonchev–Trinajstić information content (AvgIpc) is 3.39. The van der Waals surface area contributed by atoms with Gasteiger partial charge in [0.1, 0.15) is 28.2 Å². The van der Waals surface area contributed by atoms with Gasteiger partial charge in [0, 0.05) is 30.2 Å². The van der Waals surface area contributed by atoms with Gasteiger partial charge in [-0.2, -0.15) is 0 Å². The van der Waals surface area contributed by atoms with Crippen LogP contribution >= 0.6 is 0 Å². The fourth-order valence-corrected chi connectivity index (χ4v) is 3.71. The molecule has 0 bridgehead atoms. The second kappa shape index (κ2) is 10.0. The van der Waals surface area contributed by atoms with Crippen LogP contribution in [0.4, 0.5) is 0 Å². The second-order valence-corrected chi connectivity index (χ2v) is 8.08. The molecule has 0 atom stereocenters. The number of nitrogens with one attached hydrogen (secondary N) is 2. The Morgan fingerprint density at radius 3 is 2.30 bits per heavy atom. The van der Waals surface area contributed by atoms with Crippen LogP contribution in [0.2, 0.25) is 0 Å². The maximum atomic E-state index is 12.8. The summed E-state index contributed by atoms with van der Waals surface area (Å²) in [5, 5.41) is 6.04. The third kappa shape index (κ3) is 5.15. The van der Waals surface area contributed by atoms with Gasteiger partial charge < -0.3 is 26.5 Å². The first kappa shape index (κ1) is 23.3. The number of furan rings is 1. The van der Waals surface area contributed by atoms with Gasteiger partial charge in [0.25, 0.3) is 0 Å². The molecule has 0 saturated carbocycles. The predicted octanol–water partition coefficient (Wildman–Crippen LogP) is 0.818. The Bertz CT molecular complexity index is 1660. The molecule has 3 aliphatic rings. The lowest BCUT2D eigenvalue weighted by Crippen LogP contribution is -2.26. The van der Waals surface area contributed by atoms with Gasteiger partial charge >= 0.3 is 0 Å². The molecule has 0 saturated heterocycles. The van der Waals surface area contributed by atoms with Crippen molar-refractivity contribution in [3.05, 3.63) is 137 Å². The van der Waals surface area contributed by atoms with Crippen LogP contribution < -0.4 is 32.9 Å². The van der Waals surface area contributed by atoms with E-state index < -0.39 is 0 Å². The van der Waals surface area contributed by atoms with Gasteiger partial charge in [-0.15, -0.1) is 0 Å². The van der Waals surface area contributed by atoms with E-state index in [0.717, 1.165) is 0 Å². The van der Waals surface area contributed by atoms with Crippen molar-refractivity contribution in [2.75, 3.05) is 0 Å². The van der Waals surface area contributed by atoms with E-state index in [4.69, 9.17) is 15.9 Å². The number of ketones is 2. The number of rotatable bonds is 4. The van der Waals surface area contributed by atoms with E-state index in [0.29, 0.717) is 50.6 Å². The average molecular weight is 491 g/mol. The summed E-state index contributed by atoms with van der Waals surface area (Å²) >= 11 is 0. The zero-order valence-electron chi connectivity index (χ0n) is 19.5. The minimum Gasteiger partial charge on any atom is -0.456 e. The van der Waals surface area contributed by atoms with Gasteiger partial charge in [-0.25, -0.2) is 4.99 Å². The van der Waals surface area contributed by atoms with Crippen LogP contribution in [0.25, 0.3) is 11.1 Å². The zero-order valence-corrected chi connectivity index (χ0v) is 19.5. The lowest BCUT2D eigenvalue weighted by atomic mass is 10.0. The van der Waals surface area contributed by atoms with E-state index >= 15 is 0 Å². The first-order valence-corrected chi connectivity index (χ1v) is 11.3. The Balaban J connectivity index is 1.36. The molecule has 2 aromatic heterocycles. The Morgan fingerprint density at radius 1 is 0.892 bits per heavy atom. The van der Waals surface area contributed by atoms with E-state index in [1.807, 2.05) is 18.2 Å². The molecule has 2 aromatic rings. The molecule has 0 spiro atoms. The number of nitrogens with two attached hydrogens (primary N) is 2. The molecule has 182 valence electrons. The topological polar surface area (TPSA) is 149 Å². The number of nitrogens with zero attached hydrogens (tertiary/aromatic N) is 2. The van der Waals surface area contributed by atoms with Gasteiger partial charge in [0.05, 0.1) is 22.5 Å². The van der Waals surface area contributed by atoms with E-state index in [1.54, 1.807) is 67.0 Å². The lowest BCUT2D eigenvalue weighted by Gasteiger charge is -2.15. The zero-order chi connectivity index (χ0) is 25.8. The normalized spacial score (nSPS) is 21.5. The Morgan fingerprint density at radius 2 is 1.65 bits per heavy atom. The van der Waals surface area contributed by atoms with E-state index in [9.17, 15) is 9.59 Å². The van der Waals surface area contributed by atoms with Crippen molar-refractivity contribution in [1.29, 1.82) is 0 Å². The van der Waals surface area contributed by atoms with Gasteiger partial charge in [-0.05, 0) is 60.7 Å². The third-order valence-corrected chi connectivity index (χ3v) is 5.54. The van der Waals surface area contributed by atoms with Crippen molar-refractivity contribution in [3.8, 4) is 0 Å². The SMILES string of the molecule is NC(=NC1=CC(=O)/C(=c2/cc/c(=C3\C=CC(N/C(N)=C4/C=CC=CN4)=CC3=O)o2)C=C1)c1ccccn1. The van der Waals surface area contributed by atoms with Gasteiger partial charge in [-0.1, -0.05) is 12.1 Å². The highest BCUT2D eigenvalue weighted by atomic mass is 16.3. The molecule has 3 heterocycles. The number of hydrogen-bond acceptors (Lipinski definition) is 8. The summed E-state index contributed by atoms with van der Waals surface area (Å²) in [5.41, 5.74) is 15.6. The molecular weight excluding hydrogens is 468 g/mol. The molecule has 5 rings (SSSR count). The number of aromatic nitrogens is 1. The number of aliphatic imine (C=N–C) groups is 1. The highest BCUT2D eigenvalue weighted by Gasteiger charge is 2.16. The minimum absolute atomic E-state index is 0.204. The predicted molar refractivity (Wildman–Crippen MR) is 140 cm³/mol. The van der Waals surface area contributed by atoms with Crippen molar-refractivity contribution in [2.45, 2.75) is 0 Å². The Hall–Kier alpha value is -5.44. The summed E-state index contributed by atoms with van der Waals surface area (Å²) in [5.74, 6) is 0.0372. The Labute approximate surface area is 211 Å². The van der Waals surface area contributed by atoms with Crippen molar-refractivity contribution in [1.82, 2.24) is 15.6 Å². The molecule has 0 aromatic carbocycles. The number of allylic oxidation sites excluding steroid dienone is 9. The van der Waals surface area contributed by atoms with E-state index in [-0.39, 0.29) is 17.4 Å². The molecule has 9 nitrogen and oxygen atoms in total. The number of dihydropyridines is 1. The highest BCUT2D eigenvalue weighted by molar-refractivity contribution is 6.26. The molecule has 0 fully saturated rings. The third-order valence-electron chi connectivity index (χ3n) is 5.54. The van der Waals surface area contributed by atoms with Gasteiger partial charge in [0.15, 0.2) is 11.6 Å². The molecule has 2 aliphatic carbocycles. The second-order valence-electron chi connectivity index (χ2n) is 8.08. The molecular formula is C28H22N6O3. The van der Waals surface area contributed by atoms with Gasteiger partial charge in [0.2, 0.25) is 0 Å². The maximum Gasteiger partial charge on any atom is 0.191 e. The smallest absolute Gasteiger partial charge is 0.191 e. The fourth-order valence-electron chi connectivity index (χ4n) is 3.71. The van der Waals surface area contributed by atoms with E-state index in [2.05, 4.69) is 20.6 Å². The molecule has 0 amide bonds. The highest BCUT2D eigenvalue weighted by Crippen LogP contribution is 2.15. The standard InChI is InChI=1S/C28H22N6O3/c29-27(21-5-1-3-13-31-21)33-17-7-9-19(23(35)15-17)25-11-12-26(37-25)20-10-8-18(16-24(20)36)34-28(30)22-6-2-4-14-32-22/h1-16,31,33H,29H2,(H2,30,34)/b25-19-,26-20-,27-21-. The quantitative estimate of drug-likeness (QED) is 0.364. The summed E-state index contributed by atoms with van der Waals surface area (Å²) in [6, 6.07) is 8.62. The number of carbonyl (C=O) groups is 2. The molecule has 37 heavy (non-hydrogen) atoms. The molecule has 1 aliphatic heterocycles. The van der Waals surface area contributed by atoms with Crippen LogP contribution in [-0.2, 0) is 9.59 Å². The van der Waals surface area contributed by atoms with Crippen LogP contribution in [0.5, 0.6) is 0 Å². The van der Waals surface area contributed by atoms with Crippen molar-refractivity contribution in [3.63, 3.8) is 0 Å². The lowest BCUT2D eigenvalue weighted by molar-refractivity contribution is -0.110. The Kier molecular flexibility index (Phi) is 6.33. The molecule has 0 unspecified atom stereocenters. The molecule has 0 radical (unpaired) electrons. The molecule has 9 heteroatoms. The summed E-state index contributed by atoms with van der Waals surface area (Å²) in [6.07, 6.45) is 18.3. The first-order valence-electron chi connectivity index (χ1n) is 11.3. The monoisotopic (exact) mass is 490 g/mol. The van der Waals surface area contributed by atoms with Crippen molar-refractivity contribution < 1.29 is 14.0 Å². The summed E-state index contributed by atoms with van der Waals surface area (Å²) < 4.78 is 5.87. The van der Waals surface area contributed by atoms with Crippen LogP contribution in [0.3, 0.4) is 0 Å². The van der Waals surface area contributed by atoms with Crippen LogP contribution in [0.15, 0.2) is 130 Å². The van der Waals surface area contributed by atoms with Crippen molar-refractivity contribution in [2.24, 2.45) is 16.5 Å². The largest absolute Gasteiger partial charge is 0.456 e. The number of pyridine rings is 1. The number of carbonyl (C=O) groups excluding carboxylic acids is 2. The van der Waals surface area contributed by atoms with Crippen LogP contribution in [0, 0.1) is 0 Å². The summed E-state index contributed by atoms with van der Waals surface area (Å²) in [6.45, 7) is 0. The maximum absolute atomic E-state index is 12.8. The van der Waals surface area contributed by atoms with Crippen molar-refractivity contribution >= 4 is 28.5 Å². The van der Waals surface area contributed by atoms with Gasteiger partial charge in [-0.3, -0.25) is 14.6 Å².